The van der Waals surface area contributed by atoms with Crippen molar-refractivity contribution in [2.45, 2.75) is 92.4 Å². The summed E-state index contributed by atoms with van der Waals surface area (Å²) in [6.07, 6.45) is 4.01. The molecule has 3 heterocycles. The van der Waals surface area contributed by atoms with Crippen LogP contribution >= 0.6 is 11.3 Å². The lowest BCUT2D eigenvalue weighted by Gasteiger charge is -2.49. The number of carboxylic acids is 1. The standard InChI is InChI=1S/C32H45N3O4S/c1-21-28(40-20-33-21)13-18-38-25-11-9-24(10-12-25)26-19-27(29(30(36)37)39-31(4,5)6)23(3)35(22(26)2)34-16-14-32(7,8)15-17-34/h9-12,19-20,23,29H,13-18H2,1-8H3,(H,36,37)/t23?,29-/m0/s1. The molecule has 2 atom stereocenters. The topological polar surface area (TPSA) is 75.1 Å². The van der Waals surface area contributed by atoms with E-state index in [-0.39, 0.29) is 6.04 Å². The molecule has 0 radical (unpaired) electrons. The van der Waals surface area contributed by atoms with E-state index in [0.29, 0.717) is 12.0 Å². The van der Waals surface area contributed by atoms with Crippen LogP contribution in [0.4, 0.5) is 0 Å². The van der Waals surface area contributed by atoms with Gasteiger partial charge in [-0.05, 0) is 89.1 Å². The Kier molecular flexibility index (Phi) is 9.12. The van der Waals surface area contributed by atoms with E-state index in [1.807, 2.05) is 51.4 Å². The number of allylic oxidation sites excluding steroid dienone is 3. The summed E-state index contributed by atoms with van der Waals surface area (Å²) in [7, 11) is 0. The highest BCUT2D eigenvalue weighted by molar-refractivity contribution is 7.09. The van der Waals surface area contributed by atoms with Gasteiger partial charge in [-0.25, -0.2) is 14.8 Å². The number of nitrogens with zero attached hydrogens (tertiary/aromatic N) is 3. The Bertz CT molecular complexity index is 1250. The van der Waals surface area contributed by atoms with Gasteiger partial charge >= 0.3 is 5.97 Å². The molecule has 1 aromatic carbocycles. The molecule has 1 unspecified atom stereocenters. The number of aliphatic carboxylic acids is 1. The van der Waals surface area contributed by atoms with E-state index in [1.165, 1.54) is 4.88 Å². The van der Waals surface area contributed by atoms with Crippen LogP contribution in [-0.4, -0.2) is 63.5 Å². The quantitative estimate of drug-likeness (QED) is 0.360. The van der Waals surface area contributed by atoms with Crippen molar-refractivity contribution in [3.05, 3.63) is 63.3 Å². The molecule has 1 fully saturated rings. The highest BCUT2D eigenvalue weighted by Crippen LogP contribution is 2.39. The van der Waals surface area contributed by atoms with Crippen molar-refractivity contribution in [1.82, 2.24) is 15.0 Å². The van der Waals surface area contributed by atoms with Crippen molar-refractivity contribution in [3.63, 3.8) is 0 Å². The molecule has 8 heteroatoms. The lowest BCUT2D eigenvalue weighted by atomic mass is 9.83. The fourth-order valence-electron chi connectivity index (χ4n) is 5.48. The predicted octanol–water partition coefficient (Wildman–Crippen LogP) is 6.74. The van der Waals surface area contributed by atoms with Gasteiger partial charge in [0.1, 0.15) is 5.75 Å². The zero-order valence-electron chi connectivity index (χ0n) is 25.3. The van der Waals surface area contributed by atoms with E-state index in [2.05, 4.69) is 54.8 Å². The first kappa shape index (κ1) is 30.3. The number of ether oxygens (including phenoxy) is 2. The first-order valence-corrected chi connectivity index (χ1v) is 15.1. The zero-order chi connectivity index (χ0) is 29.2. The van der Waals surface area contributed by atoms with Crippen LogP contribution in [0.5, 0.6) is 5.75 Å². The summed E-state index contributed by atoms with van der Waals surface area (Å²) in [5.74, 6) is -0.154. The van der Waals surface area contributed by atoms with Crippen molar-refractivity contribution in [2.75, 3.05) is 19.7 Å². The summed E-state index contributed by atoms with van der Waals surface area (Å²) in [5, 5.41) is 15.0. The number of benzene rings is 1. The SMILES string of the molecule is CC1=C(c2ccc(OCCc3scnc3C)cc2)C=C([C@H](OC(C)(C)C)C(=O)O)C(C)N1N1CCC(C)(C)CC1. The van der Waals surface area contributed by atoms with E-state index in [0.717, 1.165) is 66.2 Å². The largest absolute Gasteiger partial charge is 0.493 e. The van der Waals surface area contributed by atoms with Gasteiger partial charge in [0.2, 0.25) is 0 Å². The van der Waals surface area contributed by atoms with Gasteiger partial charge in [-0.3, -0.25) is 0 Å². The molecule has 0 amide bonds. The van der Waals surface area contributed by atoms with E-state index in [9.17, 15) is 9.90 Å². The summed E-state index contributed by atoms with van der Waals surface area (Å²) >= 11 is 1.66. The number of aryl methyl sites for hydroxylation is 1. The number of carboxylic acid groups (broad SMARTS) is 1. The van der Waals surface area contributed by atoms with Crippen molar-refractivity contribution in [1.29, 1.82) is 0 Å². The molecule has 218 valence electrons. The maximum Gasteiger partial charge on any atom is 0.337 e. The van der Waals surface area contributed by atoms with Crippen molar-refractivity contribution >= 4 is 22.9 Å². The molecule has 1 N–H and O–H groups in total. The second-order valence-corrected chi connectivity index (χ2v) is 13.7. The molecule has 4 rings (SSSR count). The third-order valence-corrected chi connectivity index (χ3v) is 8.89. The summed E-state index contributed by atoms with van der Waals surface area (Å²) in [6.45, 7) is 19.1. The molecular formula is C32H45N3O4S. The molecule has 0 saturated carbocycles. The molecule has 2 aliphatic rings. The van der Waals surface area contributed by atoms with Gasteiger partial charge in [-0.2, -0.15) is 0 Å². The second kappa shape index (κ2) is 12.0. The number of carbonyl (C=O) groups is 1. The molecule has 0 spiro atoms. The summed E-state index contributed by atoms with van der Waals surface area (Å²) in [5.41, 5.74) is 6.55. The van der Waals surface area contributed by atoms with Gasteiger partial charge in [0, 0.05) is 35.7 Å². The molecule has 1 saturated heterocycles. The fourth-order valence-corrected chi connectivity index (χ4v) is 6.24. The van der Waals surface area contributed by atoms with E-state index >= 15 is 0 Å². The van der Waals surface area contributed by atoms with Gasteiger partial charge in [-0.15, -0.1) is 11.3 Å². The van der Waals surface area contributed by atoms with Gasteiger partial charge < -0.3 is 19.6 Å². The second-order valence-electron chi connectivity index (χ2n) is 12.7. The minimum Gasteiger partial charge on any atom is -0.493 e. The molecule has 0 bridgehead atoms. The Labute approximate surface area is 243 Å². The van der Waals surface area contributed by atoms with Gasteiger partial charge in [-0.1, -0.05) is 26.0 Å². The highest BCUT2D eigenvalue weighted by atomic mass is 32.1. The Morgan fingerprint density at radius 2 is 1.82 bits per heavy atom. The van der Waals surface area contributed by atoms with Gasteiger partial charge in [0.25, 0.3) is 0 Å². The maximum absolute atomic E-state index is 12.5. The smallest absolute Gasteiger partial charge is 0.337 e. The van der Waals surface area contributed by atoms with Crippen molar-refractivity contribution in [3.8, 4) is 5.75 Å². The first-order chi connectivity index (χ1) is 18.8. The van der Waals surface area contributed by atoms with Crippen LogP contribution < -0.4 is 4.74 Å². The summed E-state index contributed by atoms with van der Waals surface area (Å²) in [4.78, 5) is 18.1. The Balaban J connectivity index is 1.64. The Morgan fingerprint density at radius 3 is 2.38 bits per heavy atom. The molecule has 0 aliphatic carbocycles. The van der Waals surface area contributed by atoms with Gasteiger partial charge in [0.15, 0.2) is 6.10 Å². The first-order valence-electron chi connectivity index (χ1n) is 14.2. The molecule has 7 nitrogen and oxygen atoms in total. The monoisotopic (exact) mass is 567 g/mol. The average Bonchev–Trinajstić information content (AvgIpc) is 3.28. The Hall–Kier alpha value is -2.68. The third kappa shape index (κ3) is 7.14. The minimum atomic E-state index is -1.04. The fraction of sp³-hybridized carbons (Fsp3) is 0.562. The van der Waals surface area contributed by atoms with Gasteiger partial charge in [0.05, 0.1) is 29.5 Å². The third-order valence-electron chi connectivity index (χ3n) is 7.90. The number of hydrogen-bond donors (Lipinski definition) is 1. The van der Waals surface area contributed by atoms with E-state index < -0.39 is 17.7 Å². The molecular weight excluding hydrogens is 522 g/mol. The number of piperidine rings is 1. The van der Waals surface area contributed by atoms with Crippen molar-refractivity contribution < 1.29 is 19.4 Å². The molecule has 40 heavy (non-hydrogen) atoms. The van der Waals surface area contributed by atoms with Crippen LogP contribution in [0.25, 0.3) is 5.57 Å². The van der Waals surface area contributed by atoms with Crippen LogP contribution in [0.15, 0.2) is 47.1 Å². The Morgan fingerprint density at radius 1 is 1.18 bits per heavy atom. The van der Waals surface area contributed by atoms with Crippen LogP contribution in [0.1, 0.15) is 77.4 Å². The summed E-state index contributed by atoms with van der Waals surface area (Å²) in [6, 6.07) is 7.97. The average molecular weight is 568 g/mol. The molecule has 1 aromatic heterocycles. The number of aromatic nitrogens is 1. The number of hydrogen-bond acceptors (Lipinski definition) is 7. The highest BCUT2D eigenvalue weighted by Gasteiger charge is 2.40. The van der Waals surface area contributed by atoms with E-state index in [4.69, 9.17) is 9.47 Å². The minimum absolute atomic E-state index is 0.147. The van der Waals surface area contributed by atoms with Crippen LogP contribution in [0, 0.1) is 12.3 Å². The zero-order valence-corrected chi connectivity index (χ0v) is 26.1. The lowest BCUT2D eigenvalue weighted by molar-refractivity contribution is -0.157. The predicted molar refractivity (Wildman–Crippen MR) is 161 cm³/mol. The normalized spacial score (nSPS) is 20.9. The number of thiazole rings is 1. The van der Waals surface area contributed by atoms with E-state index in [1.54, 1.807) is 11.3 Å². The summed E-state index contributed by atoms with van der Waals surface area (Å²) < 4.78 is 12.2. The van der Waals surface area contributed by atoms with Crippen LogP contribution in [-0.2, 0) is 16.0 Å². The van der Waals surface area contributed by atoms with Crippen LogP contribution in [0.2, 0.25) is 0 Å². The molecule has 2 aromatic rings. The lowest BCUT2D eigenvalue weighted by Crippen LogP contribution is -2.54. The molecule has 2 aliphatic heterocycles. The van der Waals surface area contributed by atoms with Crippen LogP contribution in [0.3, 0.4) is 0 Å². The van der Waals surface area contributed by atoms with Crippen molar-refractivity contribution in [2.24, 2.45) is 5.41 Å². The number of hydrazine groups is 1. The maximum atomic E-state index is 12.5. The number of rotatable bonds is 9.